The van der Waals surface area contributed by atoms with Crippen LogP contribution in [0.5, 0.6) is 0 Å². The fourth-order valence-electron chi connectivity index (χ4n) is 1.87. The molecular weight excluding hydrogens is 248 g/mol. The molecule has 0 radical (unpaired) electrons. The van der Waals surface area contributed by atoms with Crippen LogP contribution in [0.4, 0.5) is 5.69 Å². The van der Waals surface area contributed by atoms with Crippen molar-refractivity contribution >= 4 is 17.7 Å². The van der Waals surface area contributed by atoms with Gasteiger partial charge in [0, 0.05) is 11.8 Å². The minimum atomic E-state index is -0.113. The number of rotatable bonds is 4. The molecule has 0 aliphatic heterocycles. The van der Waals surface area contributed by atoms with E-state index in [9.17, 15) is 4.79 Å². The molecule has 0 aromatic heterocycles. The molecule has 0 saturated carbocycles. The van der Waals surface area contributed by atoms with Gasteiger partial charge < -0.3 is 11.1 Å². The number of amides is 1. The molecule has 3 nitrogen and oxygen atoms in total. The van der Waals surface area contributed by atoms with Crippen LogP contribution in [0.15, 0.2) is 60.7 Å². The molecule has 0 spiro atoms. The molecule has 2 rings (SSSR count). The van der Waals surface area contributed by atoms with Gasteiger partial charge in [0.15, 0.2) is 0 Å². The number of hydrogen-bond donors (Lipinski definition) is 2. The summed E-state index contributed by atoms with van der Waals surface area (Å²) in [6, 6.07) is 17.2. The number of nitrogen functional groups attached to an aromatic ring is 1. The minimum Gasteiger partial charge on any atom is -0.399 e. The Morgan fingerprint density at radius 1 is 1.10 bits per heavy atom. The van der Waals surface area contributed by atoms with Crippen LogP contribution in [-0.2, 0) is 4.79 Å². The molecule has 102 valence electrons. The largest absolute Gasteiger partial charge is 0.399 e. The van der Waals surface area contributed by atoms with Crippen LogP contribution in [-0.4, -0.2) is 5.91 Å². The minimum absolute atomic E-state index is 0.0141. The third kappa shape index (κ3) is 3.99. The van der Waals surface area contributed by atoms with E-state index in [1.807, 2.05) is 61.5 Å². The smallest absolute Gasteiger partial charge is 0.244 e. The monoisotopic (exact) mass is 266 g/mol. The fraction of sp³-hybridized carbons (Fsp3) is 0.118. The molecule has 0 saturated heterocycles. The summed E-state index contributed by atoms with van der Waals surface area (Å²) >= 11 is 0. The van der Waals surface area contributed by atoms with Crippen LogP contribution in [0.25, 0.3) is 6.08 Å². The van der Waals surface area contributed by atoms with Gasteiger partial charge in [-0.1, -0.05) is 42.5 Å². The van der Waals surface area contributed by atoms with E-state index < -0.39 is 0 Å². The number of carbonyl (C=O) groups excluding carboxylic acids is 1. The highest BCUT2D eigenvalue weighted by Gasteiger charge is 2.06. The molecule has 0 heterocycles. The summed E-state index contributed by atoms with van der Waals surface area (Å²) in [5, 5.41) is 2.93. The van der Waals surface area contributed by atoms with Crippen molar-refractivity contribution in [2.24, 2.45) is 0 Å². The maximum absolute atomic E-state index is 11.8. The molecule has 0 fully saturated rings. The predicted molar refractivity (Wildman–Crippen MR) is 82.9 cm³/mol. The van der Waals surface area contributed by atoms with Gasteiger partial charge in [0.1, 0.15) is 0 Å². The van der Waals surface area contributed by atoms with Crippen molar-refractivity contribution in [2.75, 3.05) is 5.73 Å². The van der Waals surface area contributed by atoms with Gasteiger partial charge in [-0.15, -0.1) is 0 Å². The van der Waals surface area contributed by atoms with Gasteiger partial charge in [0.2, 0.25) is 5.91 Å². The van der Waals surface area contributed by atoms with Gasteiger partial charge >= 0.3 is 0 Å². The van der Waals surface area contributed by atoms with Crippen molar-refractivity contribution in [2.45, 2.75) is 13.0 Å². The van der Waals surface area contributed by atoms with Gasteiger partial charge in [-0.2, -0.15) is 0 Å². The van der Waals surface area contributed by atoms with Gasteiger partial charge in [0.25, 0.3) is 0 Å². The average Bonchev–Trinajstić information content (AvgIpc) is 2.47. The first kappa shape index (κ1) is 13.9. The number of benzene rings is 2. The first-order valence-corrected chi connectivity index (χ1v) is 6.54. The van der Waals surface area contributed by atoms with Gasteiger partial charge in [-0.25, -0.2) is 0 Å². The summed E-state index contributed by atoms with van der Waals surface area (Å²) in [5.41, 5.74) is 8.35. The van der Waals surface area contributed by atoms with Gasteiger partial charge in [-0.3, -0.25) is 4.79 Å². The summed E-state index contributed by atoms with van der Waals surface area (Å²) in [7, 11) is 0. The highest BCUT2D eigenvalue weighted by molar-refractivity contribution is 5.92. The Bertz CT molecular complexity index is 588. The van der Waals surface area contributed by atoms with Crippen LogP contribution in [0.3, 0.4) is 0 Å². The van der Waals surface area contributed by atoms with Crippen molar-refractivity contribution in [1.82, 2.24) is 5.32 Å². The van der Waals surface area contributed by atoms with Crippen molar-refractivity contribution in [1.29, 1.82) is 0 Å². The molecule has 0 aliphatic carbocycles. The zero-order chi connectivity index (χ0) is 14.4. The first-order valence-electron chi connectivity index (χ1n) is 6.54. The third-order valence-electron chi connectivity index (χ3n) is 3.02. The SMILES string of the molecule is CC(NC(=O)/C=C/c1ccc(N)cc1)c1ccccc1. The Labute approximate surface area is 119 Å². The maximum Gasteiger partial charge on any atom is 0.244 e. The topological polar surface area (TPSA) is 55.1 Å². The van der Waals surface area contributed by atoms with E-state index in [4.69, 9.17) is 5.73 Å². The van der Waals surface area contributed by atoms with E-state index in [2.05, 4.69) is 5.32 Å². The van der Waals surface area contributed by atoms with Crippen LogP contribution >= 0.6 is 0 Å². The molecular formula is C17H18N2O. The van der Waals surface area contributed by atoms with Crippen LogP contribution in [0, 0.1) is 0 Å². The van der Waals surface area contributed by atoms with Crippen LogP contribution in [0.1, 0.15) is 24.1 Å². The Morgan fingerprint density at radius 2 is 1.75 bits per heavy atom. The zero-order valence-corrected chi connectivity index (χ0v) is 11.4. The highest BCUT2D eigenvalue weighted by Crippen LogP contribution is 2.11. The second-order valence-corrected chi connectivity index (χ2v) is 4.64. The number of hydrogen-bond acceptors (Lipinski definition) is 2. The molecule has 0 bridgehead atoms. The van der Waals surface area contributed by atoms with E-state index >= 15 is 0 Å². The fourth-order valence-corrected chi connectivity index (χ4v) is 1.87. The molecule has 2 aromatic carbocycles. The summed E-state index contributed by atoms with van der Waals surface area (Å²) in [6.45, 7) is 1.96. The third-order valence-corrected chi connectivity index (χ3v) is 3.02. The van der Waals surface area contributed by atoms with Crippen molar-refractivity contribution < 1.29 is 4.79 Å². The number of nitrogens with one attached hydrogen (secondary N) is 1. The Hall–Kier alpha value is -2.55. The lowest BCUT2D eigenvalue weighted by molar-refractivity contribution is -0.117. The standard InChI is InChI=1S/C17H18N2O/c1-13(15-5-3-2-4-6-15)19-17(20)12-9-14-7-10-16(18)11-8-14/h2-13H,18H2,1H3,(H,19,20)/b12-9+. The van der Waals surface area contributed by atoms with E-state index in [0.717, 1.165) is 11.1 Å². The van der Waals surface area contributed by atoms with Crippen LogP contribution < -0.4 is 11.1 Å². The van der Waals surface area contributed by atoms with E-state index in [0.29, 0.717) is 5.69 Å². The van der Waals surface area contributed by atoms with E-state index in [1.54, 1.807) is 6.08 Å². The second kappa shape index (κ2) is 6.57. The molecule has 1 amide bonds. The van der Waals surface area contributed by atoms with Crippen LogP contribution in [0.2, 0.25) is 0 Å². The molecule has 3 N–H and O–H groups in total. The molecule has 20 heavy (non-hydrogen) atoms. The Morgan fingerprint density at radius 3 is 2.40 bits per heavy atom. The van der Waals surface area contributed by atoms with E-state index in [1.165, 1.54) is 6.08 Å². The summed E-state index contributed by atoms with van der Waals surface area (Å²) < 4.78 is 0. The molecule has 1 atom stereocenters. The Kier molecular flexibility index (Phi) is 4.56. The lowest BCUT2D eigenvalue weighted by Gasteiger charge is -2.12. The molecule has 1 unspecified atom stereocenters. The van der Waals surface area contributed by atoms with Gasteiger partial charge in [-0.05, 0) is 36.3 Å². The van der Waals surface area contributed by atoms with Crippen molar-refractivity contribution in [3.63, 3.8) is 0 Å². The maximum atomic E-state index is 11.8. The lowest BCUT2D eigenvalue weighted by atomic mass is 10.1. The average molecular weight is 266 g/mol. The predicted octanol–water partition coefficient (Wildman–Crippen LogP) is 3.16. The summed E-state index contributed by atoms with van der Waals surface area (Å²) in [4.78, 5) is 11.8. The van der Waals surface area contributed by atoms with E-state index in [-0.39, 0.29) is 11.9 Å². The first-order chi connectivity index (χ1) is 9.65. The lowest BCUT2D eigenvalue weighted by Crippen LogP contribution is -2.24. The van der Waals surface area contributed by atoms with Crippen molar-refractivity contribution in [3.8, 4) is 0 Å². The molecule has 2 aromatic rings. The normalized spacial score (nSPS) is 12.2. The number of anilines is 1. The summed E-state index contributed by atoms with van der Waals surface area (Å²) in [5.74, 6) is -0.113. The molecule has 3 heteroatoms. The molecule has 0 aliphatic rings. The Balaban J connectivity index is 1.94. The van der Waals surface area contributed by atoms with Crippen molar-refractivity contribution in [3.05, 3.63) is 71.8 Å². The highest BCUT2D eigenvalue weighted by atomic mass is 16.1. The van der Waals surface area contributed by atoms with Gasteiger partial charge in [0.05, 0.1) is 6.04 Å². The number of carbonyl (C=O) groups is 1. The zero-order valence-electron chi connectivity index (χ0n) is 11.4. The quantitative estimate of drug-likeness (QED) is 0.659. The second-order valence-electron chi connectivity index (χ2n) is 4.64. The summed E-state index contributed by atoms with van der Waals surface area (Å²) in [6.07, 6.45) is 3.30. The number of nitrogens with two attached hydrogens (primary N) is 1.